The minimum atomic E-state index is -1.11. The summed E-state index contributed by atoms with van der Waals surface area (Å²) in [4.78, 5) is 29.6. The van der Waals surface area contributed by atoms with Gasteiger partial charge in [0.2, 0.25) is 0 Å². The van der Waals surface area contributed by atoms with Crippen molar-refractivity contribution < 1.29 is 19.1 Å². The van der Waals surface area contributed by atoms with Crippen molar-refractivity contribution in [3.05, 3.63) is 59.7 Å². The van der Waals surface area contributed by atoms with E-state index in [1.807, 2.05) is 42.5 Å². The molecule has 1 N–H and O–H groups in total. The first-order valence-electron chi connectivity index (χ1n) is 10.1. The number of nitrogens with one attached hydrogen (secondary N) is 1. The van der Waals surface area contributed by atoms with Gasteiger partial charge in [-0.3, -0.25) is 9.69 Å². The summed E-state index contributed by atoms with van der Waals surface area (Å²) in [7, 11) is 3.22. The maximum atomic E-state index is 13.3. The molecule has 7 heteroatoms. The second kappa shape index (κ2) is 7.99. The first kappa shape index (κ1) is 20.2. The number of imide groups is 1. The number of ether oxygens (including phenoxy) is 2. The van der Waals surface area contributed by atoms with Crippen LogP contribution in [0.2, 0.25) is 0 Å². The molecule has 158 valence electrons. The average Bonchev–Trinajstić information content (AvgIpc) is 3.58. The van der Waals surface area contributed by atoms with Crippen molar-refractivity contribution >= 4 is 11.9 Å². The third-order valence-electron chi connectivity index (χ3n) is 5.85. The first-order chi connectivity index (χ1) is 14.4. The number of hydrogen-bond acceptors (Lipinski definition) is 5. The van der Waals surface area contributed by atoms with Gasteiger partial charge in [0, 0.05) is 12.6 Å². The van der Waals surface area contributed by atoms with Gasteiger partial charge in [0.1, 0.15) is 17.0 Å². The Morgan fingerprint density at radius 3 is 2.40 bits per heavy atom. The number of carbonyl (C=O) groups excluding carboxylic acids is 2. The normalized spacial score (nSPS) is 21.1. The van der Waals surface area contributed by atoms with Gasteiger partial charge in [-0.2, -0.15) is 0 Å². The minimum Gasteiger partial charge on any atom is -0.497 e. The third kappa shape index (κ3) is 3.85. The fourth-order valence-corrected chi connectivity index (χ4v) is 3.84. The Balaban J connectivity index is 1.52. The number of nitrogens with zero attached hydrogens (tertiary/aromatic N) is 2. The van der Waals surface area contributed by atoms with Crippen LogP contribution in [0.4, 0.5) is 4.79 Å². The molecule has 1 heterocycles. The van der Waals surface area contributed by atoms with Crippen molar-refractivity contribution in [2.45, 2.75) is 37.9 Å². The quantitative estimate of drug-likeness (QED) is 0.679. The zero-order valence-electron chi connectivity index (χ0n) is 17.6. The molecule has 2 fully saturated rings. The lowest BCUT2D eigenvalue weighted by Crippen LogP contribution is -2.44. The van der Waals surface area contributed by atoms with Gasteiger partial charge in [-0.05, 0) is 55.2 Å². The van der Waals surface area contributed by atoms with Crippen molar-refractivity contribution in [1.82, 2.24) is 15.1 Å². The zero-order valence-corrected chi connectivity index (χ0v) is 17.6. The number of benzene rings is 2. The second-order valence-electron chi connectivity index (χ2n) is 7.99. The van der Waals surface area contributed by atoms with Crippen molar-refractivity contribution in [3.63, 3.8) is 0 Å². The van der Waals surface area contributed by atoms with Gasteiger partial charge in [-0.15, -0.1) is 0 Å². The number of carbonyl (C=O) groups is 2. The van der Waals surface area contributed by atoms with Crippen LogP contribution in [-0.2, 0) is 16.9 Å². The molecule has 4 rings (SSSR count). The van der Waals surface area contributed by atoms with Crippen LogP contribution in [0, 0.1) is 0 Å². The van der Waals surface area contributed by atoms with E-state index >= 15 is 0 Å². The lowest BCUT2D eigenvalue weighted by Gasteiger charge is -2.27. The van der Waals surface area contributed by atoms with Gasteiger partial charge < -0.3 is 14.8 Å². The maximum Gasteiger partial charge on any atom is 0.326 e. The molecule has 2 aromatic rings. The molecule has 1 saturated heterocycles. The summed E-state index contributed by atoms with van der Waals surface area (Å²) in [5, 5.41) is 2.88. The molecular formula is C23H27N3O4. The van der Waals surface area contributed by atoms with Crippen LogP contribution in [-0.4, -0.2) is 48.7 Å². The van der Waals surface area contributed by atoms with Crippen molar-refractivity contribution in [1.29, 1.82) is 0 Å². The van der Waals surface area contributed by atoms with Crippen LogP contribution in [0.5, 0.6) is 11.5 Å². The average molecular weight is 409 g/mol. The van der Waals surface area contributed by atoms with E-state index in [9.17, 15) is 9.59 Å². The van der Waals surface area contributed by atoms with Crippen LogP contribution in [0.15, 0.2) is 48.5 Å². The third-order valence-corrected chi connectivity index (χ3v) is 5.85. The molecule has 0 aromatic heterocycles. The van der Waals surface area contributed by atoms with Crippen LogP contribution < -0.4 is 14.8 Å². The Hall–Kier alpha value is -3.06. The Bertz CT molecular complexity index is 942. The summed E-state index contributed by atoms with van der Waals surface area (Å²) in [6.45, 7) is 2.68. The molecule has 1 atom stereocenters. The van der Waals surface area contributed by atoms with E-state index in [2.05, 4.69) is 10.2 Å². The molecule has 30 heavy (non-hydrogen) atoms. The summed E-state index contributed by atoms with van der Waals surface area (Å²) < 4.78 is 10.5. The number of hydrogen-bond donors (Lipinski definition) is 1. The first-order valence-corrected chi connectivity index (χ1v) is 10.1. The highest BCUT2D eigenvalue weighted by Crippen LogP contribution is 2.33. The highest BCUT2D eigenvalue weighted by atomic mass is 16.5. The Labute approximate surface area is 176 Å². The van der Waals surface area contributed by atoms with E-state index in [1.54, 1.807) is 27.2 Å². The topological polar surface area (TPSA) is 71.1 Å². The lowest BCUT2D eigenvalue weighted by molar-refractivity contribution is -0.132. The smallest absolute Gasteiger partial charge is 0.326 e. The Kier molecular flexibility index (Phi) is 5.39. The monoisotopic (exact) mass is 409 g/mol. The minimum absolute atomic E-state index is 0.249. The Morgan fingerprint density at radius 1 is 1.07 bits per heavy atom. The van der Waals surface area contributed by atoms with Gasteiger partial charge >= 0.3 is 6.03 Å². The summed E-state index contributed by atoms with van der Waals surface area (Å²) in [5.41, 5.74) is 0.710. The van der Waals surface area contributed by atoms with Crippen molar-refractivity contribution in [2.24, 2.45) is 0 Å². The summed E-state index contributed by atoms with van der Waals surface area (Å²) >= 11 is 0. The highest BCUT2D eigenvalue weighted by molar-refractivity contribution is 6.07. The molecule has 0 bridgehead atoms. The van der Waals surface area contributed by atoms with Crippen LogP contribution in [0.1, 0.15) is 30.9 Å². The zero-order chi connectivity index (χ0) is 21.3. The van der Waals surface area contributed by atoms with Gasteiger partial charge in [0.05, 0.1) is 20.9 Å². The van der Waals surface area contributed by atoms with E-state index in [1.165, 1.54) is 4.90 Å². The van der Waals surface area contributed by atoms with E-state index < -0.39 is 5.54 Å². The van der Waals surface area contributed by atoms with Crippen molar-refractivity contribution in [3.8, 4) is 11.5 Å². The van der Waals surface area contributed by atoms with Crippen LogP contribution in [0.25, 0.3) is 0 Å². The molecule has 1 aliphatic heterocycles. The standard InChI is InChI=1S/C23H27N3O4/c1-23(17-5-4-6-20(13-17)30-3)21(27)26(22(28)24-23)15-25(18-9-10-18)14-16-7-11-19(29-2)12-8-16/h4-8,11-13,18H,9-10,14-15H2,1-3H3,(H,24,28)/t23-/m0/s1. The SMILES string of the molecule is COc1ccc(CN(CN2C(=O)N[C@@](C)(c3cccc(OC)c3)C2=O)C2CC2)cc1. The number of amides is 3. The molecule has 0 radical (unpaired) electrons. The second-order valence-corrected chi connectivity index (χ2v) is 7.99. The molecular weight excluding hydrogens is 382 g/mol. The van der Waals surface area contributed by atoms with E-state index in [4.69, 9.17) is 9.47 Å². The summed E-state index contributed by atoms with van der Waals surface area (Å²) in [6, 6.07) is 15.2. The predicted octanol–water partition coefficient (Wildman–Crippen LogP) is 3.09. The number of urea groups is 1. The molecule has 3 amide bonds. The molecule has 0 unspecified atom stereocenters. The molecule has 0 spiro atoms. The van der Waals surface area contributed by atoms with Gasteiger partial charge in [-0.1, -0.05) is 24.3 Å². The molecule has 1 aliphatic carbocycles. The summed E-state index contributed by atoms with van der Waals surface area (Å²) in [6.07, 6.45) is 2.15. The van der Waals surface area contributed by atoms with Gasteiger partial charge in [-0.25, -0.2) is 9.69 Å². The van der Waals surface area contributed by atoms with Crippen LogP contribution >= 0.6 is 0 Å². The van der Waals surface area contributed by atoms with E-state index in [0.29, 0.717) is 23.9 Å². The summed E-state index contributed by atoms with van der Waals surface area (Å²) in [5.74, 6) is 1.20. The Morgan fingerprint density at radius 2 is 1.77 bits per heavy atom. The lowest BCUT2D eigenvalue weighted by atomic mass is 9.92. The molecule has 2 aromatic carbocycles. The van der Waals surface area contributed by atoms with Crippen LogP contribution in [0.3, 0.4) is 0 Å². The van der Waals surface area contributed by atoms with E-state index in [0.717, 1.165) is 24.2 Å². The van der Waals surface area contributed by atoms with E-state index in [-0.39, 0.29) is 18.6 Å². The molecule has 1 saturated carbocycles. The number of rotatable bonds is 8. The fourth-order valence-electron chi connectivity index (χ4n) is 3.84. The molecule has 2 aliphatic rings. The van der Waals surface area contributed by atoms with Gasteiger partial charge in [0.15, 0.2) is 0 Å². The van der Waals surface area contributed by atoms with Crippen molar-refractivity contribution in [2.75, 3.05) is 20.9 Å². The fraction of sp³-hybridized carbons (Fsp3) is 0.391. The number of methoxy groups -OCH3 is 2. The largest absolute Gasteiger partial charge is 0.497 e. The predicted molar refractivity (Wildman–Crippen MR) is 112 cm³/mol. The maximum absolute atomic E-state index is 13.3. The molecule has 7 nitrogen and oxygen atoms in total. The van der Waals surface area contributed by atoms with Gasteiger partial charge in [0.25, 0.3) is 5.91 Å². The highest BCUT2D eigenvalue weighted by Gasteiger charge is 2.50.